The summed E-state index contributed by atoms with van der Waals surface area (Å²) in [6, 6.07) is 8.83. The van der Waals surface area contributed by atoms with E-state index in [2.05, 4.69) is 0 Å². The summed E-state index contributed by atoms with van der Waals surface area (Å²) in [5, 5.41) is 0. The van der Waals surface area contributed by atoms with Crippen LogP contribution < -0.4 is 0 Å². The predicted molar refractivity (Wildman–Crippen MR) is 120 cm³/mol. The van der Waals surface area contributed by atoms with E-state index < -0.39 is 39.0 Å². The summed E-state index contributed by atoms with van der Waals surface area (Å²) in [6.45, 7) is 4.96. The van der Waals surface area contributed by atoms with Gasteiger partial charge in [0.2, 0.25) is 0 Å². The molecule has 0 N–H and O–H groups in total. The Morgan fingerprint density at radius 2 is 1.71 bits per heavy atom. The van der Waals surface area contributed by atoms with Crippen LogP contribution in [-0.4, -0.2) is 25.0 Å². The summed E-state index contributed by atoms with van der Waals surface area (Å²) >= 11 is 0. The maximum absolute atomic E-state index is 14.4. The van der Waals surface area contributed by atoms with Gasteiger partial charge in [-0.1, -0.05) is 23.8 Å². The van der Waals surface area contributed by atoms with E-state index in [1.165, 1.54) is 24.4 Å². The Morgan fingerprint density at radius 1 is 1.09 bits per heavy atom. The number of halogens is 4. The van der Waals surface area contributed by atoms with Crippen molar-refractivity contribution in [3.63, 3.8) is 0 Å². The summed E-state index contributed by atoms with van der Waals surface area (Å²) in [6.07, 6.45) is -2.62. The van der Waals surface area contributed by atoms with Crippen molar-refractivity contribution in [2.75, 3.05) is 6.61 Å². The van der Waals surface area contributed by atoms with Gasteiger partial charge in [0.1, 0.15) is 11.5 Å². The van der Waals surface area contributed by atoms with Crippen LogP contribution in [0.4, 0.5) is 17.6 Å². The fourth-order valence-corrected chi connectivity index (χ4v) is 5.79. The number of alkyl halides is 3. The molecule has 1 heterocycles. The van der Waals surface area contributed by atoms with Crippen molar-refractivity contribution in [1.82, 2.24) is 3.97 Å². The molecule has 1 aromatic heterocycles. The molecule has 0 bridgehead atoms. The number of esters is 1. The number of carbonyl (C=O) groups is 1. The molecule has 0 radical (unpaired) electrons. The van der Waals surface area contributed by atoms with Gasteiger partial charge < -0.3 is 4.74 Å². The van der Waals surface area contributed by atoms with E-state index in [1.807, 2.05) is 0 Å². The average Bonchev–Trinajstić information content (AvgIpc) is 3.49. The summed E-state index contributed by atoms with van der Waals surface area (Å²) in [5.74, 6) is -2.25. The number of aryl methyl sites for hydroxylation is 1. The molecule has 4 rings (SSSR count). The maximum atomic E-state index is 14.4. The van der Waals surface area contributed by atoms with Crippen LogP contribution in [0.5, 0.6) is 0 Å². The normalized spacial score (nSPS) is 15.2. The fourth-order valence-electron chi connectivity index (χ4n) is 4.39. The summed E-state index contributed by atoms with van der Waals surface area (Å²) in [4.78, 5) is 12.8. The molecular weight excluding hydrogens is 486 g/mol. The highest BCUT2D eigenvalue weighted by Crippen LogP contribution is 2.55. The van der Waals surface area contributed by atoms with Crippen LogP contribution in [0.2, 0.25) is 0 Å². The van der Waals surface area contributed by atoms with Gasteiger partial charge in [-0.3, -0.25) is 0 Å². The average molecular weight is 510 g/mol. The van der Waals surface area contributed by atoms with Gasteiger partial charge in [0.25, 0.3) is 10.0 Å². The number of rotatable bonds is 6. The molecule has 10 heteroatoms. The number of benzene rings is 2. The molecule has 0 aliphatic heterocycles. The van der Waals surface area contributed by atoms with E-state index in [0.29, 0.717) is 30.0 Å². The molecule has 2 aromatic carbocycles. The molecule has 186 valence electrons. The largest absolute Gasteiger partial charge is 0.461 e. The first-order valence-corrected chi connectivity index (χ1v) is 12.4. The Kier molecular flexibility index (Phi) is 6.07. The molecule has 5 nitrogen and oxygen atoms in total. The third kappa shape index (κ3) is 4.24. The Bertz CT molecular complexity index is 1400. The van der Waals surface area contributed by atoms with Crippen molar-refractivity contribution in [2.24, 2.45) is 0 Å². The highest BCUT2D eigenvalue weighted by Gasteiger charge is 2.50. The zero-order valence-corrected chi connectivity index (χ0v) is 20.1. The molecule has 1 saturated carbocycles. The molecule has 1 aliphatic rings. The Labute approximate surface area is 200 Å². The quantitative estimate of drug-likeness (QED) is 0.313. The Hall–Kier alpha value is -3.14. The van der Waals surface area contributed by atoms with Crippen LogP contribution in [0.1, 0.15) is 58.1 Å². The van der Waals surface area contributed by atoms with Gasteiger partial charge in [-0.25, -0.2) is 21.6 Å². The summed E-state index contributed by atoms with van der Waals surface area (Å²) < 4.78 is 86.5. The number of hydrogen-bond donors (Lipinski definition) is 0. The van der Waals surface area contributed by atoms with Gasteiger partial charge in [-0.15, -0.1) is 0 Å². The lowest BCUT2D eigenvalue weighted by Crippen LogP contribution is -2.20. The van der Waals surface area contributed by atoms with E-state index in [0.717, 1.165) is 15.6 Å². The van der Waals surface area contributed by atoms with Crippen molar-refractivity contribution >= 4 is 16.0 Å². The SMILES string of the molecule is CCOC(=O)c1c(C)c(C2(c3ccc(C(F)(F)F)c(F)c3)CC2)cn1S(=O)(=O)c1ccc(C)cc1. The molecule has 35 heavy (non-hydrogen) atoms. The van der Waals surface area contributed by atoms with Gasteiger partial charge in [0.05, 0.1) is 17.1 Å². The molecule has 1 aliphatic carbocycles. The van der Waals surface area contributed by atoms with E-state index in [-0.39, 0.29) is 22.8 Å². The van der Waals surface area contributed by atoms with E-state index in [9.17, 15) is 30.8 Å². The second-order valence-corrected chi connectivity index (χ2v) is 10.4. The monoisotopic (exact) mass is 509 g/mol. The van der Waals surface area contributed by atoms with Crippen molar-refractivity contribution in [3.8, 4) is 0 Å². The number of ether oxygens (including phenoxy) is 1. The van der Waals surface area contributed by atoms with Crippen LogP contribution in [0, 0.1) is 19.7 Å². The minimum Gasteiger partial charge on any atom is -0.461 e. The number of carbonyl (C=O) groups excluding carboxylic acids is 1. The predicted octanol–water partition coefficient (Wildman–Crippen LogP) is 5.76. The topological polar surface area (TPSA) is 65.4 Å². The number of hydrogen-bond acceptors (Lipinski definition) is 4. The molecule has 1 fully saturated rings. The van der Waals surface area contributed by atoms with E-state index in [1.54, 1.807) is 32.9 Å². The van der Waals surface area contributed by atoms with Crippen molar-refractivity contribution in [1.29, 1.82) is 0 Å². The lowest BCUT2D eigenvalue weighted by molar-refractivity contribution is -0.140. The van der Waals surface area contributed by atoms with Crippen LogP contribution in [0.15, 0.2) is 53.6 Å². The molecule has 0 spiro atoms. The van der Waals surface area contributed by atoms with Crippen molar-refractivity contribution in [2.45, 2.75) is 50.1 Å². The third-order valence-electron chi connectivity index (χ3n) is 6.37. The third-order valence-corrected chi connectivity index (χ3v) is 8.04. The second-order valence-electron chi connectivity index (χ2n) is 8.63. The first-order valence-electron chi connectivity index (χ1n) is 10.9. The molecule has 0 unspecified atom stereocenters. The highest BCUT2D eigenvalue weighted by atomic mass is 32.2. The van der Waals surface area contributed by atoms with Crippen LogP contribution in [-0.2, 0) is 26.4 Å². The van der Waals surface area contributed by atoms with Gasteiger partial charge >= 0.3 is 12.1 Å². The summed E-state index contributed by atoms with van der Waals surface area (Å²) in [7, 11) is -4.21. The lowest BCUT2D eigenvalue weighted by Gasteiger charge is -2.18. The minimum absolute atomic E-state index is 0.0125. The number of nitrogens with zero attached hydrogens (tertiary/aromatic N) is 1. The van der Waals surface area contributed by atoms with Crippen LogP contribution in [0.3, 0.4) is 0 Å². The standard InChI is InChI=1S/C25H23F4NO4S/c1-4-34-23(31)22-16(3)20(14-30(22)35(32,33)18-8-5-15(2)6-9-18)24(11-12-24)17-7-10-19(21(26)13-17)25(27,28)29/h5-10,13-14H,4,11-12H2,1-3H3. The minimum atomic E-state index is -4.84. The van der Waals surface area contributed by atoms with Crippen LogP contribution in [0.25, 0.3) is 0 Å². The number of aromatic nitrogens is 1. The Balaban J connectivity index is 1.89. The highest BCUT2D eigenvalue weighted by molar-refractivity contribution is 7.90. The molecule has 0 atom stereocenters. The molecule has 3 aromatic rings. The van der Waals surface area contributed by atoms with Crippen molar-refractivity contribution < 1.29 is 35.5 Å². The van der Waals surface area contributed by atoms with E-state index >= 15 is 0 Å². The van der Waals surface area contributed by atoms with Gasteiger partial charge in [-0.05, 0) is 74.6 Å². The second kappa shape index (κ2) is 8.51. The maximum Gasteiger partial charge on any atom is 0.419 e. The van der Waals surface area contributed by atoms with Crippen LogP contribution >= 0.6 is 0 Å². The van der Waals surface area contributed by atoms with Gasteiger partial charge in [0.15, 0.2) is 0 Å². The van der Waals surface area contributed by atoms with Gasteiger partial charge in [0, 0.05) is 11.6 Å². The molecule has 0 amide bonds. The first-order chi connectivity index (χ1) is 16.3. The summed E-state index contributed by atoms with van der Waals surface area (Å²) in [5.41, 5.74) is -0.606. The molecule has 0 saturated heterocycles. The van der Waals surface area contributed by atoms with E-state index in [4.69, 9.17) is 4.74 Å². The van der Waals surface area contributed by atoms with Crippen molar-refractivity contribution in [3.05, 3.63) is 88.0 Å². The fraction of sp³-hybridized carbons (Fsp3) is 0.320. The Morgan fingerprint density at radius 3 is 2.23 bits per heavy atom. The van der Waals surface area contributed by atoms with Gasteiger partial charge in [-0.2, -0.15) is 13.2 Å². The lowest BCUT2D eigenvalue weighted by atomic mass is 9.86. The smallest absolute Gasteiger partial charge is 0.419 e. The molecular formula is C25H23F4NO4S. The first kappa shape index (κ1) is 25.0. The zero-order valence-electron chi connectivity index (χ0n) is 19.2. The zero-order chi connectivity index (χ0) is 25.8.